The second kappa shape index (κ2) is 34.3. The third kappa shape index (κ3) is 21.4. The van der Waals surface area contributed by atoms with Crippen molar-refractivity contribution in [2.45, 2.75) is 301 Å². The van der Waals surface area contributed by atoms with E-state index in [1.54, 1.807) is 6.20 Å². The van der Waals surface area contributed by atoms with Gasteiger partial charge in [0, 0.05) is 33.3 Å². The molecule has 6 aromatic rings. The van der Waals surface area contributed by atoms with E-state index in [1.165, 1.54) is 69.9 Å². The molecule has 1 aliphatic rings. The van der Waals surface area contributed by atoms with Crippen LogP contribution in [0, 0.1) is 38.5 Å². The predicted molar refractivity (Wildman–Crippen MR) is 432 cm³/mol. The van der Waals surface area contributed by atoms with Gasteiger partial charge in [-0.1, -0.05) is 217 Å². The molecule has 1 saturated heterocycles. The summed E-state index contributed by atoms with van der Waals surface area (Å²) in [6, 6.07) is 37.9. The van der Waals surface area contributed by atoms with Crippen molar-refractivity contribution < 1.29 is 37.2 Å². The fourth-order valence-corrected chi connectivity index (χ4v) is 16.9. The number of carbonyl (C=O) groups is 2. The third-order valence-corrected chi connectivity index (χ3v) is 32.7. The molecule has 0 saturated carbocycles. The molecule has 0 amide bonds. The highest BCUT2D eigenvalue weighted by Crippen LogP contribution is 2.46. The molecule has 5 aromatic carbocycles. The van der Waals surface area contributed by atoms with Crippen molar-refractivity contribution in [3.63, 3.8) is 0 Å². The molecule has 0 aliphatic carbocycles. The Morgan fingerprint density at radius 2 is 0.900 bits per heavy atom. The summed E-state index contributed by atoms with van der Waals surface area (Å²) in [6.07, 6.45) is 12.9. The van der Waals surface area contributed by atoms with Crippen molar-refractivity contribution in [3.8, 4) is 11.1 Å². The van der Waals surface area contributed by atoms with Crippen molar-refractivity contribution in [2.24, 2.45) is 10.8 Å². The Labute approximate surface area is 619 Å². The molecule has 13 heteroatoms. The summed E-state index contributed by atoms with van der Waals surface area (Å²) >= 11 is 3.32. The molecule has 0 bridgehead atoms. The molecule has 1 aromatic heterocycles. The smallest absolute Gasteiger partial charge is 0.469 e. The minimum Gasteiger partial charge on any atom is -0.469 e. The molecule has 2 atom stereocenters. The lowest BCUT2D eigenvalue weighted by Crippen LogP contribution is -2.47. The number of nitrogens with zero attached hydrogens (tertiary/aromatic N) is 1. The Bertz CT molecular complexity index is 3670. The third-order valence-electron chi connectivity index (χ3n) is 23.2. The Balaban J connectivity index is 0.000000309. The van der Waals surface area contributed by atoms with E-state index in [9.17, 15) is 9.59 Å². The molecular formula is C87H131BBrNO8Si2. The van der Waals surface area contributed by atoms with Crippen LogP contribution in [-0.2, 0) is 73.7 Å². The summed E-state index contributed by atoms with van der Waals surface area (Å²) in [7, 11) is -1.26. The van der Waals surface area contributed by atoms with Gasteiger partial charge in [-0.2, -0.15) is 0 Å². The summed E-state index contributed by atoms with van der Waals surface area (Å²) in [5, 5.41) is 0.401. The Morgan fingerprint density at radius 3 is 1.26 bits per heavy atom. The molecule has 7 rings (SSSR count). The number of rotatable bonds is 24. The van der Waals surface area contributed by atoms with Gasteiger partial charge in [0.05, 0.1) is 50.5 Å². The topological polar surface area (TPSA) is 102 Å². The summed E-state index contributed by atoms with van der Waals surface area (Å²) in [5.41, 5.74) is 18.0. The van der Waals surface area contributed by atoms with Gasteiger partial charge < -0.3 is 27.6 Å². The predicted octanol–water partition coefficient (Wildman–Crippen LogP) is 22.8. The minimum atomic E-state index is -1.87. The summed E-state index contributed by atoms with van der Waals surface area (Å²) in [6.45, 7) is 64.1. The number of hydrogen-bond donors (Lipinski definition) is 0. The second-order valence-corrected chi connectivity index (χ2v) is 45.2. The van der Waals surface area contributed by atoms with Gasteiger partial charge in [-0.25, -0.2) is 0 Å². The van der Waals surface area contributed by atoms with Gasteiger partial charge in [0.15, 0.2) is 16.6 Å². The lowest BCUT2D eigenvalue weighted by atomic mass is 9.67. The van der Waals surface area contributed by atoms with Gasteiger partial charge >= 0.3 is 19.1 Å². The number of esters is 2. The van der Waals surface area contributed by atoms with Crippen LogP contribution >= 0.6 is 15.9 Å². The number of aryl methyl sites for hydroxylation is 6. The van der Waals surface area contributed by atoms with Crippen LogP contribution in [0.25, 0.3) is 11.1 Å². The molecular weight excluding hydrogens is 1330 g/mol. The van der Waals surface area contributed by atoms with E-state index in [0.29, 0.717) is 6.42 Å². The molecule has 100 heavy (non-hydrogen) atoms. The maximum Gasteiger partial charge on any atom is 0.495 e. The first-order chi connectivity index (χ1) is 46.1. The number of halogens is 1. The first-order valence-electron chi connectivity index (χ1n) is 37.1. The van der Waals surface area contributed by atoms with Crippen LogP contribution in [0.2, 0.25) is 36.3 Å². The maximum atomic E-state index is 11.8. The number of methoxy groups -OCH3 is 2. The fourth-order valence-electron chi connectivity index (χ4n) is 13.3. The quantitative estimate of drug-likeness (QED) is 0.0433. The Hall–Kier alpha value is -4.99. The standard InChI is InChI=1S/C40H59NO3Si.C38H63BO3Si.C9H9BrO2/c1-14-40(15-2,34-19-20-35(29(4)23-34)32-24-30(26-41-27-32)25-37(42)43-11)33-18-16-31(28(3)22-33)17-21-36(38(5,6)7)44-45(12,13)39(8,9)10;1-17-38(18-2,31-22-23-32(28(4)26-31)39-41-36(11,12)37(13,14)42-39)30-21-19-29(27(3)25-30)20-24-33(34(5,6)7)40-43(15,16)35(8,9)10;1-12-9(11)6-7-3-2-4-8(10)5-7/h16,18-20,22-24,26-27,36H,14-15,17,21,25H2,1-13H3;19,21-23,25-26,33H,17-18,20,24H2,1-16H3;2-5H,6H2,1H3. The summed E-state index contributed by atoms with van der Waals surface area (Å²) in [5.74, 6) is -0.473. The molecule has 1 fully saturated rings. The van der Waals surface area contributed by atoms with Crippen LogP contribution in [0.4, 0.5) is 0 Å². The van der Waals surface area contributed by atoms with Crippen LogP contribution in [0.3, 0.4) is 0 Å². The second-order valence-electron chi connectivity index (χ2n) is 34.8. The molecule has 2 heterocycles. The zero-order chi connectivity index (χ0) is 75.6. The van der Waals surface area contributed by atoms with Crippen molar-refractivity contribution in [3.05, 3.63) is 187 Å². The molecule has 0 N–H and O–H groups in total. The first kappa shape index (κ1) is 85.7. The SMILES string of the molecule is CCC(CC)(c1ccc(CCC(O[Si](C)(C)C(C)(C)C)C(C)(C)C)c(C)c1)c1ccc(-c2cncc(CC(=O)OC)c2)c(C)c1.CCC(CC)(c1ccc(CCC(O[Si](C)(C)C(C)(C)C)C(C)(C)C)c(C)c1)c1ccc(B2OC(C)(C)C(C)(C)O2)c(C)c1.COC(=O)Cc1cccc(Br)c1. The highest BCUT2D eigenvalue weighted by atomic mass is 79.9. The van der Waals surface area contributed by atoms with Crippen LogP contribution in [0.5, 0.6) is 0 Å². The molecule has 0 radical (unpaired) electrons. The van der Waals surface area contributed by atoms with E-state index < -0.39 is 16.6 Å². The Kier molecular flexibility index (Phi) is 29.4. The maximum absolute atomic E-state index is 11.8. The van der Waals surface area contributed by atoms with E-state index >= 15 is 0 Å². The van der Waals surface area contributed by atoms with Crippen molar-refractivity contribution in [2.75, 3.05) is 14.2 Å². The molecule has 0 spiro atoms. The fraction of sp³-hybridized carbons (Fsp3) is 0.575. The van der Waals surface area contributed by atoms with Gasteiger partial charge in [-0.05, 0) is 244 Å². The average molecular weight is 1470 g/mol. The highest BCUT2D eigenvalue weighted by Gasteiger charge is 2.52. The van der Waals surface area contributed by atoms with Gasteiger partial charge in [-0.15, -0.1) is 0 Å². The van der Waals surface area contributed by atoms with Crippen molar-refractivity contribution in [1.82, 2.24) is 4.98 Å². The lowest BCUT2D eigenvalue weighted by molar-refractivity contribution is -0.140. The van der Waals surface area contributed by atoms with Gasteiger partial charge in [0.1, 0.15) is 0 Å². The molecule has 2 unspecified atom stereocenters. The number of pyridine rings is 1. The van der Waals surface area contributed by atoms with Gasteiger partial charge in [0.25, 0.3) is 0 Å². The minimum absolute atomic E-state index is 0.0398. The first-order valence-corrected chi connectivity index (χ1v) is 43.7. The van der Waals surface area contributed by atoms with Crippen molar-refractivity contribution in [1.29, 1.82) is 0 Å². The van der Waals surface area contributed by atoms with Gasteiger partial charge in [-0.3, -0.25) is 14.6 Å². The van der Waals surface area contributed by atoms with Crippen LogP contribution in [0.1, 0.15) is 244 Å². The Morgan fingerprint density at radius 1 is 0.510 bits per heavy atom. The van der Waals surface area contributed by atoms with E-state index in [2.05, 4.69) is 291 Å². The monoisotopic (exact) mass is 1460 g/mol. The highest BCUT2D eigenvalue weighted by molar-refractivity contribution is 9.10. The van der Waals surface area contributed by atoms with E-state index in [1.807, 2.05) is 36.5 Å². The zero-order valence-electron chi connectivity index (χ0n) is 67.9. The number of aromatic nitrogens is 1. The van der Waals surface area contributed by atoms with E-state index in [0.717, 1.165) is 83.6 Å². The largest absolute Gasteiger partial charge is 0.495 e. The molecule has 9 nitrogen and oxygen atoms in total. The van der Waals surface area contributed by atoms with Crippen LogP contribution in [0.15, 0.2) is 120 Å². The molecule has 1 aliphatic heterocycles. The molecule has 550 valence electrons. The van der Waals surface area contributed by atoms with Gasteiger partial charge in [0.2, 0.25) is 0 Å². The van der Waals surface area contributed by atoms with E-state index in [4.69, 9.17) is 22.9 Å². The van der Waals surface area contributed by atoms with E-state index in [-0.39, 0.29) is 80.6 Å². The number of hydrogen-bond acceptors (Lipinski definition) is 9. The zero-order valence-corrected chi connectivity index (χ0v) is 71.4. The normalized spacial score (nSPS) is 15.1. The van der Waals surface area contributed by atoms with Crippen LogP contribution < -0.4 is 5.46 Å². The average Bonchev–Trinajstić information content (AvgIpc) is 1.34. The summed E-state index contributed by atoms with van der Waals surface area (Å²) < 4.78 is 37.2. The number of ether oxygens (including phenoxy) is 2. The lowest BCUT2D eigenvalue weighted by Gasteiger charge is -2.43. The number of benzene rings is 5. The van der Waals surface area contributed by atoms with Crippen molar-refractivity contribution >= 4 is 57.1 Å². The number of carbonyl (C=O) groups excluding carboxylic acids is 2. The summed E-state index contributed by atoms with van der Waals surface area (Å²) in [4.78, 5) is 27.1. The van der Waals surface area contributed by atoms with Crippen LogP contribution in [-0.4, -0.2) is 78.3 Å².